The van der Waals surface area contributed by atoms with E-state index in [4.69, 9.17) is 23.7 Å². The first kappa shape index (κ1) is 108. The van der Waals surface area contributed by atoms with Crippen LogP contribution < -0.4 is 0 Å². The summed E-state index contributed by atoms with van der Waals surface area (Å²) in [5.41, 5.74) is -2.44. The van der Waals surface area contributed by atoms with E-state index in [9.17, 15) is 24.0 Å². The van der Waals surface area contributed by atoms with Crippen molar-refractivity contribution < 1.29 is 47.7 Å². The van der Waals surface area contributed by atoms with Gasteiger partial charge in [-0.25, -0.2) is 0 Å². The van der Waals surface area contributed by atoms with Crippen LogP contribution in [0, 0.1) is 121 Å². The van der Waals surface area contributed by atoms with E-state index in [1.54, 1.807) is 0 Å². The minimum Gasteiger partial charge on any atom is -0.459 e. The molecular weight excluding hydrogens is 1350 g/mol. The monoisotopic (exact) mass is 1540 g/mol. The van der Waals surface area contributed by atoms with Gasteiger partial charge in [-0.2, -0.15) is 0 Å². The molecular formula is C99H192O10. The Hall–Kier alpha value is -2.65. The van der Waals surface area contributed by atoms with Crippen LogP contribution in [0.15, 0.2) is 0 Å². The van der Waals surface area contributed by atoms with Gasteiger partial charge >= 0.3 is 29.8 Å². The summed E-state index contributed by atoms with van der Waals surface area (Å²) in [6.07, 6.45) is 44.9. The highest BCUT2D eigenvalue weighted by molar-refractivity contribution is 5.78. The van der Waals surface area contributed by atoms with Crippen LogP contribution in [0.2, 0.25) is 0 Å². The summed E-state index contributed by atoms with van der Waals surface area (Å²) in [5.74, 6) is 11.6. The summed E-state index contributed by atoms with van der Waals surface area (Å²) in [7, 11) is 0. The second-order valence-corrected chi connectivity index (χ2v) is 41.9. The van der Waals surface area contributed by atoms with Gasteiger partial charge in [-0.05, 0) is 381 Å². The van der Waals surface area contributed by atoms with Gasteiger partial charge in [0.25, 0.3) is 0 Å². The number of hydrogen-bond acceptors (Lipinski definition) is 10. The van der Waals surface area contributed by atoms with E-state index in [0.29, 0.717) is 17.8 Å². The second kappa shape index (κ2) is 41.0. The normalized spacial score (nSPS) is 35.0. The van der Waals surface area contributed by atoms with Crippen molar-refractivity contribution in [2.45, 2.75) is 486 Å². The molecule has 16 aliphatic rings. The third-order valence-electron chi connectivity index (χ3n) is 32.0. The average Bonchev–Trinajstić information content (AvgIpc) is 0.732. The lowest BCUT2D eigenvalue weighted by Gasteiger charge is -2.61. The first-order valence-electron chi connectivity index (χ1n) is 42.1. The van der Waals surface area contributed by atoms with Crippen LogP contribution in [0.25, 0.3) is 0 Å². The number of ether oxygens (including phenoxy) is 5. The van der Waals surface area contributed by atoms with Gasteiger partial charge in [0.15, 0.2) is 0 Å². The Morgan fingerprint density at radius 2 is 0.587 bits per heavy atom. The molecule has 16 rings (SSSR count). The Kier molecular flexibility index (Phi) is 40.7. The zero-order valence-corrected chi connectivity index (χ0v) is 68.1. The smallest absolute Gasteiger partial charge is 0.312 e. The van der Waals surface area contributed by atoms with Gasteiger partial charge in [0.1, 0.15) is 28.0 Å². The molecule has 0 spiro atoms. The second-order valence-electron chi connectivity index (χ2n) is 41.9. The number of hydrogen-bond donors (Lipinski definition) is 0. The van der Waals surface area contributed by atoms with Crippen LogP contribution in [0.5, 0.6) is 0 Å². The minimum absolute atomic E-state index is 0. The van der Waals surface area contributed by atoms with Gasteiger partial charge in [-0.1, -0.05) is 154 Å². The lowest BCUT2D eigenvalue weighted by Crippen LogP contribution is -2.58. The van der Waals surface area contributed by atoms with Gasteiger partial charge in [0, 0.05) is 16.7 Å². The van der Waals surface area contributed by atoms with E-state index in [2.05, 4.69) is 83.1 Å². The Bertz CT molecular complexity index is 2590. The molecule has 0 aromatic heterocycles. The lowest BCUT2D eigenvalue weighted by atomic mass is 9.46. The van der Waals surface area contributed by atoms with Crippen LogP contribution in [-0.4, -0.2) is 57.9 Å². The molecule has 0 saturated heterocycles. The summed E-state index contributed by atoms with van der Waals surface area (Å²) in [6, 6.07) is 0. The fraction of sp³-hybridized carbons (Fsp3) is 0.949. The largest absolute Gasteiger partial charge is 0.459 e. The Morgan fingerprint density at radius 3 is 0.936 bits per heavy atom. The summed E-state index contributed by atoms with van der Waals surface area (Å²) in [4.78, 5) is 62.4. The number of fused-ring (bicyclic) bond motifs is 2. The Morgan fingerprint density at radius 1 is 0.303 bits per heavy atom. The highest BCUT2D eigenvalue weighted by atomic mass is 16.6. The van der Waals surface area contributed by atoms with Crippen molar-refractivity contribution in [3.05, 3.63) is 0 Å². The van der Waals surface area contributed by atoms with Crippen molar-refractivity contribution in [3.8, 4) is 0 Å². The summed E-state index contributed by atoms with van der Waals surface area (Å²) in [5, 5.41) is 0. The van der Waals surface area contributed by atoms with Crippen molar-refractivity contribution in [3.63, 3.8) is 0 Å². The SMILES string of the molecule is C.C.C.C.C.C.C.C.C.C.CCC(C)(C)C(=O)OC(C)(C)C12CC3CC(CC(C3)C1)C2.CCC(C)(C)C(=O)OC(C)(C)C12CC3CC(CC(C3)C1)C2.CCC(C)(C)C(=O)OC1(C)C2CC3CC(C2)CC1C3.CCC(C)(C)C(=O)OC1(C)CCC2CCCCC2C1.CCC(C)(C)C(=O)OC1(C)CCCC2CCCCC21. The highest BCUT2D eigenvalue weighted by Gasteiger charge is 2.62. The van der Waals surface area contributed by atoms with Crippen molar-refractivity contribution in [1.82, 2.24) is 0 Å². The van der Waals surface area contributed by atoms with Gasteiger partial charge in [0.05, 0.1) is 27.1 Å². The molecule has 0 aromatic carbocycles. The lowest BCUT2D eigenvalue weighted by molar-refractivity contribution is -0.211. The zero-order chi connectivity index (χ0) is 73.0. The van der Waals surface area contributed by atoms with E-state index in [-0.39, 0.29) is 170 Å². The molecule has 6 atom stereocenters. The van der Waals surface area contributed by atoms with Gasteiger partial charge in [-0.15, -0.1) is 0 Å². The molecule has 0 aromatic rings. The molecule has 0 N–H and O–H groups in total. The molecule has 16 saturated carbocycles. The third kappa shape index (κ3) is 23.8. The van der Waals surface area contributed by atoms with Gasteiger partial charge in [-0.3, -0.25) is 24.0 Å². The minimum atomic E-state index is -0.362. The highest BCUT2D eigenvalue weighted by Crippen LogP contribution is 2.67. The van der Waals surface area contributed by atoms with Crippen LogP contribution >= 0.6 is 0 Å². The van der Waals surface area contributed by atoms with Crippen molar-refractivity contribution in [1.29, 1.82) is 0 Å². The van der Waals surface area contributed by atoms with Crippen LogP contribution in [-0.2, 0) is 47.7 Å². The molecule has 0 radical (unpaired) electrons. The molecule has 0 amide bonds. The van der Waals surface area contributed by atoms with E-state index < -0.39 is 0 Å². The molecule has 6 unspecified atom stereocenters. The van der Waals surface area contributed by atoms with E-state index >= 15 is 0 Å². The van der Waals surface area contributed by atoms with E-state index in [0.717, 1.165) is 116 Å². The number of esters is 5. The van der Waals surface area contributed by atoms with Crippen molar-refractivity contribution >= 4 is 29.8 Å². The van der Waals surface area contributed by atoms with E-state index in [1.807, 2.05) is 69.2 Å². The number of rotatable bonds is 17. The third-order valence-corrected chi connectivity index (χ3v) is 32.0. The van der Waals surface area contributed by atoms with Crippen LogP contribution in [0.3, 0.4) is 0 Å². The predicted octanol–water partition coefficient (Wildman–Crippen LogP) is 29.9. The quantitative estimate of drug-likeness (QED) is 0.102. The first-order chi connectivity index (χ1) is 45.9. The summed E-state index contributed by atoms with van der Waals surface area (Å²) in [6.45, 7) is 45.7. The molecule has 10 nitrogen and oxygen atoms in total. The van der Waals surface area contributed by atoms with Gasteiger partial charge in [0.2, 0.25) is 0 Å². The maximum Gasteiger partial charge on any atom is 0.312 e. The Labute approximate surface area is 680 Å². The molecule has 12 bridgehead atoms. The predicted molar refractivity (Wildman–Crippen MR) is 468 cm³/mol. The average molecular weight is 1540 g/mol. The molecule has 16 fully saturated rings. The number of carbonyl (C=O) groups excluding carboxylic acids is 5. The maximum absolute atomic E-state index is 12.6. The fourth-order valence-electron chi connectivity index (χ4n) is 23.3. The first-order valence-corrected chi connectivity index (χ1v) is 42.1. The number of carbonyl (C=O) groups is 5. The standard InChI is InChI=1S/2C19H32O2.C17H28O2.2C17H30O2.10CH4/c2*1-6-17(2,3)16(20)21-18(4,5)19-10-13-7-14(11-19)9-15(8-13)12-19;1-5-16(2,3)15(18)19-17(4)13-7-11-6-12(9-13)10-14(17)8-11;1-5-16(2,3)15(18)19-17(4)12-8-10-13-9-6-7-11-14(13)17;1-5-16(2,3)15(18)19-17(4)11-10-13-8-6-7-9-14(13)12-17;;;;;;;;;;/h2*13-15H,6-12H2,1-5H3;11-14H,5-10H2,1-4H3;2*13-14H,5-12H2,1-4H3;10*1H4. The fourth-order valence-corrected chi connectivity index (χ4v) is 23.3. The molecule has 109 heavy (non-hydrogen) atoms. The summed E-state index contributed by atoms with van der Waals surface area (Å²) >= 11 is 0. The Balaban J connectivity index is 0. The van der Waals surface area contributed by atoms with E-state index in [1.165, 1.54) is 180 Å². The molecule has 0 aliphatic heterocycles. The molecule has 16 aliphatic carbocycles. The summed E-state index contributed by atoms with van der Waals surface area (Å²) < 4.78 is 30.4. The molecule has 10 heteroatoms. The van der Waals surface area contributed by atoms with Crippen molar-refractivity contribution in [2.75, 3.05) is 0 Å². The van der Waals surface area contributed by atoms with Gasteiger partial charge < -0.3 is 23.7 Å². The molecule has 648 valence electrons. The van der Waals surface area contributed by atoms with Crippen LogP contribution in [0.1, 0.15) is 458 Å². The van der Waals surface area contributed by atoms with Crippen LogP contribution in [0.4, 0.5) is 0 Å². The zero-order valence-electron chi connectivity index (χ0n) is 68.1. The maximum atomic E-state index is 12.6. The topological polar surface area (TPSA) is 132 Å². The molecule has 0 heterocycles. The van der Waals surface area contributed by atoms with Crippen molar-refractivity contribution in [2.24, 2.45) is 121 Å².